The number of hydroxylamine groups is 1. The molecule has 0 spiro atoms. The Morgan fingerprint density at radius 2 is 2.44 bits per heavy atom. The molecule has 0 aliphatic carbocycles. The first-order valence-corrected chi connectivity index (χ1v) is 3.34. The van der Waals surface area contributed by atoms with Crippen molar-refractivity contribution in [2.75, 3.05) is 0 Å². The lowest BCUT2D eigenvalue weighted by atomic mass is 10.2. The zero-order valence-corrected chi connectivity index (χ0v) is 6.36. The molecule has 0 saturated carbocycles. The Labute approximate surface area is 60.3 Å². The van der Waals surface area contributed by atoms with Crippen LogP contribution in [-0.4, -0.2) is 5.91 Å². The van der Waals surface area contributed by atoms with Gasteiger partial charge in [-0.2, -0.15) is 0 Å². The van der Waals surface area contributed by atoms with Gasteiger partial charge in [-0.3, -0.25) is 0 Å². The van der Waals surface area contributed by atoms with Crippen molar-refractivity contribution >= 4 is 18.8 Å². The van der Waals surface area contributed by atoms with Crippen LogP contribution in [0.25, 0.3) is 0 Å². The van der Waals surface area contributed by atoms with Gasteiger partial charge in [-0.15, -0.1) is 9.76 Å². The van der Waals surface area contributed by atoms with Gasteiger partial charge >= 0.3 is 5.91 Å². The fourth-order valence-electron chi connectivity index (χ4n) is 0.469. The Morgan fingerprint density at radius 3 is 2.89 bits per heavy atom. The van der Waals surface area contributed by atoms with E-state index in [2.05, 4.69) is 17.2 Å². The topological polar surface area (TPSA) is 42.9 Å². The second kappa shape index (κ2) is 6.07. The summed E-state index contributed by atoms with van der Waals surface area (Å²) >= 11 is 3.41. The standard InChI is InChI=1S/C5H11NO2S/c1-2-3-4-5(7)6-8-9/h9H,2-4H2,1H3,(H,6,7)/p+1. The van der Waals surface area contributed by atoms with E-state index in [1.807, 2.05) is 6.92 Å². The lowest BCUT2D eigenvalue weighted by Crippen LogP contribution is -2.85. The van der Waals surface area contributed by atoms with Crippen molar-refractivity contribution in [3.63, 3.8) is 0 Å². The number of amides is 1. The number of quaternary nitrogens is 1. The Kier molecular flexibility index (Phi) is 6.03. The molecule has 0 radical (unpaired) electrons. The van der Waals surface area contributed by atoms with Gasteiger partial charge in [0, 0.05) is 12.9 Å². The van der Waals surface area contributed by atoms with E-state index >= 15 is 0 Å². The van der Waals surface area contributed by atoms with Crippen LogP contribution in [0.15, 0.2) is 0 Å². The lowest BCUT2D eigenvalue weighted by molar-refractivity contribution is -0.780. The van der Waals surface area contributed by atoms with Crippen molar-refractivity contribution < 1.29 is 14.6 Å². The van der Waals surface area contributed by atoms with Crippen molar-refractivity contribution in [1.82, 2.24) is 0 Å². The van der Waals surface area contributed by atoms with E-state index < -0.39 is 0 Å². The zero-order chi connectivity index (χ0) is 7.11. The molecule has 54 valence electrons. The summed E-state index contributed by atoms with van der Waals surface area (Å²) in [5.74, 6) is 0.00634. The molecule has 0 aliphatic rings. The molecule has 2 N–H and O–H groups in total. The largest absolute Gasteiger partial charge is 0.343 e. The summed E-state index contributed by atoms with van der Waals surface area (Å²) in [6.45, 7) is 2.04. The third-order valence-electron chi connectivity index (χ3n) is 0.961. The number of nitrogens with two attached hydrogens (primary N) is 1. The first-order valence-electron chi connectivity index (χ1n) is 2.97. The van der Waals surface area contributed by atoms with Crippen molar-refractivity contribution in [1.29, 1.82) is 0 Å². The maximum Gasteiger partial charge on any atom is 0.343 e. The quantitative estimate of drug-likeness (QED) is 0.337. The van der Waals surface area contributed by atoms with Crippen LogP contribution in [0, 0.1) is 0 Å². The molecule has 0 aliphatic heterocycles. The molecule has 0 atom stereocenters. The van der Waals surface area contributed by atoms with Crippen LogP contribution in [0.3, 0.4) is 0 Å². The molecule has 3 nitrogen and oxygen atoms in total. The minimum absolute atomic E-state index is 0.00634. The van der Waals surface area contributed by atoms with Crippen molar-refractivity contribution in [3.8, 4) is 0 Å². The maximum absolute atomic E-state index is 10.6. The number of rotatable bonds is 4. The van der Waals surface area contributed by atoms with Gasteiger partial charge in [0.25, 0.3) is 0 Å². The molecule has 0 heterocycles. The van der Waals surface area contributed by atoms with Gasteiger partial charge in [-0.25, -0.2) is 4.79 Å². The average Bonchev–Trinajstić information content (AvgIpc) is 1.85. The molecule has 0 aromatic heterocycles. The minimum atomic E-state index is 0.00634. The number of unbranched alkanes of at least 4 members (excludes halogenated alkanes) is 1. The number of thiol groups is 1. The molecule has 4 heteroatoms. The molecule has 0 rings (SSSR count). The van der Waals surface area contributed by atoms with Crippen LogP contribution in [0.5, 0.6) is 0 Å². The van der Waals surface area contributed by atoms with Crippen LogP contribution in [-0.2, 0) is 9.08 Å². The number of hydrogen-bond donors (Lipinski definition) is 2. The van der Waals surface area contributed by atoms with Gasteiger partial charge in [-0.1, -0.05) is 13.3 Å². The monoisotopic (exact) mass is 150 g/mol. The highest BCUT2D eigenvalue weighted by molar-refractivity contribution is 7.74. The fourth-order valence-corrected chi connectivity index (χ4v) is 0.586. The van der Waals surface area contributed by atoms with E-state index in [4.69, 9.17) is 0 Å². The van der Waals surface area contributed by atoms with E-state index in [1.165, 1.54) is 0 Å². The van der Waals surface area contributed by atoms with E-state index in [1.54, 1.807) is 0 Å². The van der Waals surface area contributed by atoms with Gasteiger partial charge in [0.2, 0.25) is 0 Å². The zero-order valence-electron chi connectivity index (χ0n) is 5.46. The first kappa shape index (κ1) is 8.94. The van der Waals surface area contributed by atoms with Crippen LogP contribution in [0.2, 0.25) is 0 Å². The Bertz CT molecular complexity index is 87.0. The van der Waals surface area contributed by atoms with Crippen LogP contribution < -0.4 is 5.48 Å². The molecule has 0 unspecified atom stereocenters. The molecular formula is C5H12NO2S+. The van der Waals surface area contributed by atoms with E-state index in [0.29, 0.717) is 6.42 Å². The second-order valence-corrected chi connectivity index (χ2v) is 2.00. The molecule has 0 fully saturated rings. The molecule has 0 aromatic carbocycles. The van der Waals surface area contributed by atoms with Gasteiger partial charge in [-0.05, 0) is 6.42 Å². The van der Waals surface area contributed by atoms with Gasteiger partial charge < -0.3 is 0 Å². The highest BCUT2D eigenvalue weighted by Crippen LogP contribution is 1.89. The average molecular weight is 150 g/mol. The normalized spacial score (nSPS) is 9.56. The van der Waals surface area contributed by atoms with Crippen molar-refractivity contribution in [2.45, 2.75) is 26.2 Å². The highest BCUT2D eigenvalue weighted by Gasteiger charge is 2.02. The van der Waals surface area contributed by atoms with Crippen LogP contribution in [0.1, 0.15) is 26.2 Å². The number of carbonyl (C=O) groups is 1. The number of hydrogen-bond acceptors (Lipinski definition) is 3. The number of carbonyl (C=O) groups excluding carboxylic acids is 1. The van der Waals surface area contributed by atoms with Crippen molar-refractivity contribution in [2.24, 2.45) is 0 Å². The van der Waals surface area contributed by atoms with Gasteiger partial charge in [0.05, 0.1) is 6.42 Å². The third-order valence-corrected chi connectivity index (χ3v) is 1.07. The van der Waals surface area contributed by atoms with Crippen molar-refractivity contribution in [3.05, 3.63) is 0 Å². The first-order chi connectivity index (χ1) is 4.31. The summed E-state index contributed by atoms with van der Waals surface area (Å²) < 4.78 is 4.22. The number of primary amides is 1. The summed E-state index contributed by atoms with van der Waals surface area (Å²) in [6, 6.07) is 0. The molecule has 0 aromatic rings. The van der Waals surface area contributed by atoms with Crippen LogP contribution in [0.4, 0.5) is 0 Å². The Balaban J connectivity index is 3.06. The van der Waals surface area contributed by atoms with Gasteiger partial charge in [0.15, 0.2) is 0 Å². The summed E-state index contributed by atoms with van der Waals surface area (Å²) in [5.41, 5.74) is 1.12. The predicted molar refractivity (Wildman–Crippen MR) is 36.5 cm³/mol. The SMILES string of the molecule is CCCCC(=O)[NH2+]OS. The Hall–Kier alpha value is -0.0600. The van der Waals surface area contributed by atoms with E-state index in [9.17, 15) is 4.79 Å². The fraction of sp³-hybridized carbons (Fsp3) is 0.800. The smallest absolute Gasteiger partial charge is 0.228 e. The summed E-state index contributed by atoms with van der Waals surface area (Å²) in [4.78, 5) is 10.6. The highest BCUT2D eigenvalue weighted by atomic mass is 32.1. The van der Waals surface area contributed by atoms with E-state index in [-0.39, 0.29) is 5.91 Å². The lowest BCUT2D eigenvalue weighted by Gasteiger charge is -1.91. The summed E-state index contributed by atoms with van der Waals surface area (Å²) in [6.07, 6.45) is 2.52. The van der Waals surface area contributed by atoms with E-state index in [0.717, 1.165) is 18.3 Å². The maximum atomic E-state index is 10.6. The van der Waals surface area contributed by atoms with Crippen LogP contribution >= 0.6 is 12.9 Å². The summed E-state index contributed by atoms with van der Waals surface area (Å²) in [5, 5.41) is 0. The molecule has 0 bridgehead atoms. The molecular weight excluding hydrogens is 138 g/mol. The minimum Gasteiger partial charge on any atom is -0.228 e. The molecule has 1 amide bonds. The molecule has 0 saturated heterocycles. The predicted octanol–water partition coefficient (Wildman–Crippen LogP) is 0.0430. The Morgan fingerprint density at radius 1 is 1.78 bits per heavy atom. The molecule has 9 heavy (non-hydrogen) atoms. The summed E-state index contributed by atoms with van der Waals surface area (Å²) in [7, 11) is 0. The van der Waals surface area contributed by atoms with Gasteiger partial charge in [0.1, 0.15) is 0 Å². The third kappa shape index (κ3) is 5.82. The second-order valence-electron chi connectivity index (χ2n) is 1.79.